The third kappa shape index (κ3) is 3.94. The van der Waals surface area contributed by atoms with Crippen LogP contribution in [0.5, 0.6) is 0 Å². The van der Waals surface area contributed by atoms with E-state index in [0.29, 0.717) is 11.6 Å². The van der Waals surface area contributed by atoms with Crippen LogP contribution in [0, 0.1) is 0 Å². The van der Waals surface area contributed by atoms with Gasteiger partial charge in [0, 0.05) is 25.3 Å². The van der Waals surface area contributed by atoms with Gasteiger partial charge >= 0.3 is 0 Å². The van der Waals surface area contributed by atoms with Crippen molar-refractivity contribution in [2.24, 2.45) is 0 Å². The highest BCUT2D eigenvalue weighted by Gasteiger charge is 2.39. The van der Waals surface area contributed by atoms with E-state index >= 15 is 0 Å². The van der Waals surface area contributed by atoms with Crippen molar-refractivity contribution in [2.75, 3.05) is 34.9 Å². The fraction of sp³-hybridized carbons (Fsp3) is 1.00. The van der Waals surface area contributed by atoms with Crippen molar-refractivity contribution in [3.05, 3.63) is 0 Å². The van der Waals surface area contributed by atoms with Crippen molar-refractivity contribution in [2.45, 2.75) is 62.9 Å². The van der Waals surface area contributed by atoms with E-state index in [-0.39, 0.29) is 0 Å². The summed E-state index contributed by atoms with van der Waals surface area (Å²) in [6.45, 7) is 0.877. The first kappa shape index (κ1) is 15.9. The molecule has 1 saturated carbocycles. The van der Waals surface area contributed by atoms with E-state index in [1.54, 1.807) is 7.11 Å². The van der Waals surface area contributed by atoms with Crippen molar-refractivity contribution in [1.29, 1.82) is 0 Å². The van der Waals surface area contributed by atoms with Crippen LogP contribution in [0.2, 0.25) is 0 Å². The maximum atomic E-state index is 5.20. The third-order valence-electron chi connectivity index (χ3n) is 4.70. The Morgan fingerprint density at radius 2 is 1.78 bits per heavy atom. The zero-order chi connectivity index (χ0) is 13.4. The molecular formula is C15H32N2O. The standard InChI is InChI=1S/C15H32N2O/c1-16-14(10-9-13-18-4)15(17(2)3)11-7-5-6-8-12-15/h14,16H,5-13H2,1-4H3. The van der Waals surface area contributed by atoms with E-state index in [2.05, 4.69) is 31.4 Å². The summed E-state index contributed by atoms with van der Waals surface area (Å²) < 4.78 is 5.20. The minimum atomic E-state index is 0.346. The lowest BCUT2D eigenvalue weighted by atomic mass is 9.79. The molecule has 0 aromatic rings. The smallest absolute Gasteiger partial charge is 0.0462 e. The van der Waals surface area contributed by atoms with E-state index in [9.17, 15) is 0 Å². The Morgan fingerprint density at radius 1 is 1.17 bits per heavy atom. The van der Waals surface area contributed by atoms with Crippen LogP contribution in [0.15, 0.2) is 0 Å². The maximum absolute atomic E-state index is 5.20. The van der Waals surface area contributed by atoms with Crippen molar-refractivity contribution < 1.29 is 4.74 Å². The van der Waals surface area contributed by atoms with E-state index < -0.39 is 0 Å². The monoisotopic (exact) mass is 256 g/mol. The SMILES string of the molecule is CNC(CCCOC)C1(N(C)C)CCCCCC1. The van der Waals surface area contributed by atoms with Gasteiger partial charge in [0.25, 0.3) is 0 Å². The molecule has 3 heteroatoms. The van der Waals surface area contributed by atoms with Crippen LogP contribution < -0.4 is 5.32 Å². The highest BCUT2D eigenvalue weighted by molar-refractivity contribution is 4.99. The third-order valence-corrected chi connectivity index (χ3v) is 4.70. The highest BCUT2D eigenvalue weighted by Crippen LogP contribution is 2.35. The number of methoxy groups -OCH3 is 1. The largest absolute Gasteiger partial charge is 0.385 e. The predicted molar refractivity (Wildman–Crippen MR) is 78.1 cm³/mol. The van der Waals surface area contributed by atoms with Gasteiger partial charge in [-0.2, -0.15) is 0 Å². The molecule has 1 aliphatic carbocycles. The minimum Gasteiger partial charge on any atom is -0.385 e. The molecule has 108 valence electrons. The molecular weight excluding hydrogens is 224 g/mol. The predicted octanol–water partition coefficient (Wildman–Crippen LogP) is 2.66. The first-order valence-corrected chi connectivity index (χ1v) is 7.51. The molecule has 0 radical (unpaired) electrons. The van der Waals surface area contributed by atoms with Crippen molar-refractivity contribution in [1.82, 2.24) is 10.2 Å². The fourth-order valence-corrected chi connectivity index (χ4v) is 3.56. The zero-order valence-corrected chi connectivity index (χ0v) is 12.8. The van der Waals surface area contributed by atoms with Crippen LogP contribution in [0.4, 0.5) is 0 Å². The molecule has 0 aromatic heterocycles. The van der Waals surface area contributed by atoms with Crippen LogP contribution >= 0.6 is 0 Å². The number of nitrogens with zero attached hydrogens (tertiary/aromatic N) is 1. The van der Waals surface area contributed by atoms with Crippen molar-refractivity contribution in [3.63, 3.8) is 0 Å². The maximum Gasteiger partial charge on any atom is 0.0462 e. The van der Waals surface area contributed by atoms with Gasteiger partial charge in [-0.25, -0.2) is 0 Å². The first-order chi connectivity index (χ1) is 8.67. The molecule has 3 nitrogen and oxygen atoms in total. The van der Waals surface area contributed by atoms with Gasteiger partial charge in [-0.1, -0.05) is 25.7 Å². The molecule has 0 aliphatic heterocycles. The lowest BCUT2D eigenvalue weighted by Crippen LogP contribution is -2.58. The molecule has 0 bridgehead atoms. The molecule has 0 heterocycles. The quantitative estimate of drug-likeness (QED) is 0.560. The summed E-state index contributed by atoms with van der Waals surface area (Å²) >= 11 is 0. The van der Waals surface area contributed by atoms with Gasteiger partial charge in [-0.15, -0.1) is 0 Å². The zero-order valence-electron chi connectivity index (χ0n) is 12.8. The highest BCUT2D eigenvalue weighted by atomic mass is 16.5. The Hall–Kier alpha value is -0.120. The van der Waals surface area contributed by atoms with Crippen LogP contribution in [0.3, 0.4) is 0 Å². The van der Waals surface area contributed by atoms with E-state index in [0.717, 1.165) is 13.0 Å². The first-order valence-electron chi connectivity index (χ1n) is 7.51. The van der Waals surface area contributed by atoms with Crippen LogP contribution in [-0.2, 0) is 4.74 Å². The van der Waals surface area contributed by atoms with E-state index in [1.165, 1.54) is 44.9 Å². The molecule has 1 rings (SSSR count). The number of rotatable bonds is 7. The molecule has 1 aliphatic rings. The molecule has 1 unspecified atom stereocenters. The number of likely N-dealkylation sites (N-methyl/N-ethyl adjacent to an activating group) is 2. The summed E-state index contributed by atoms with van der Waals surface area (Å²) in [4.78, 5) is 2.48. The average molecular weight is 256 g/mol. The Labute approximate surface area is 113 Å². The van der Waals surface area contributed by atoms with Crippen LogP contribution in [0.25, 0.3) is 0 Å². The number of ether oxygens (including phenoxy) is 1. The number of hydrogen-bond acceptors (Lipinski definition) is 3. The van der Waals surface area contributed by atoms with Gasteiger partial charge in [0.2, 0.25) is 0 Å². The summed E-state index contributed by atoms with van der Waals surface area (Å²) in [5.74, 6) is 0. The summed E-state index contributed by atoms with van der Waals surface area (Å²) in [5.41, 5.74) is 0.346. The second-order valence-corrected chi connectivity index (χ2v) is 5.89. The van der Waals surface area contributed by atoms with Gasteiger partial charge in [0.15, 0.2) is 0 Å². The van der Waals surface area contributed by atoms with Gasteiger partial charge in [0.1, 0.15) is 0 Å². The second kappa shape index (κ2) is 8.13. The lowest BCUT2D eigenvalue weighted by Gasteiger charge is -2.46. The lowest BCUT2D eigenvalue weighted by molar-refractivity contribution is 0.0740. The Morgan fingerprint density at radius 3 is 2.22 bits per heavy atom. The Balaban J connectivity index is 2.71. The van der Waals surface area contributed by atoms with Gasteiger partial charge in [-0.05, 0) is 46.8 Å². The normalized spacial score (nSPS) is 21.8. The fourth-order valence-electron chi connectivity index (χ4n) is 3.56. The molecule has 1 atom stereocenters. The topological polar surface area (TPSA) is 24.5 Å². The molecule has 0 aromatic carbocycles. The molecule has 1 fully saturated rings. The Bertz CT molecular complexity index is 211. The Kier molecular flexibility index (Phi) is 7.20. The number of nitrogens with one attached hydrogen (secondary N) is 1. The minimum absolute atomic E-state index is 0.346. The summed E-state index contributed by atoms with van der Waals surface area (Å²) in [7, 11) is 8.42. The molecule has 1 N–H and O–H groups in total. The average Bonchev–Trinajstić information content (AvgIpc) is 2.61. The molecule has 0 saturated heterocycles. The van der Waals surface area contributed by atoms with Crippen molar-refractivity contribution >= 4 is 0 Å². The van der Waals surface area contributed by atoms with Gasteiger partial charge in [0.05, 0.1) is 0 Å². The van der Waals surface area contributed by atoms with Gasteiger partial charge in [-0.3, -0.25) is 0 Å². The summed E-state index contributed by atoms with van der Waals surface area (Å²) in [5, 5.41) is 3.58. The van der Waals surface area contributed by atoms with Gasteiger partial charge < -0.3 is 15.0 Å². The van der Waals surface area contributed by atoms with Crippen LogP contribution in [-0.4, -0.2) is 51.3 Å². The van der Waals surface area contributed by atoms with Crippen molar-refractivity contribution in [3.8, 4) is 0 Å². The summed E-state index contributed by atoms with van der Waals surface area (Å²) in [6, 6.07) is 0.584. The van der Waals surface area contributed by atoms with E-state index in [1.807, 2.05) is 0 Å². The van der Waals surface area contributed by atoms with Crippen LogP contribution in [0.1, 0.15) is 51.4 Å². The molecule has 0 spiro atoms. The second-order valence-electron chi connectivity index (χ2n) is 5.89. The molecule has 18 heavy (non-hydrogen) atoms. The summed E-state index contributed by atoms with van der Waals surface area (Å²) in [6.07, 6.45) is 10.6. The van der Waals surface area contributed by atoms with E-state index in [4.69, 9.17) is 4.74 Å². The molecule has 0 amide bonds. The number of hydrogen-bond donors (Lipinski definition) is 1.